The third-order valence-corrected chi connectivity index (χ3v) is 3.25. The molecule has 2 aromatic carbocycles. The van der Waals surface area contributed by atoms with Gasteiger partial charge >= 0.3 is 0 Å². The molecule has 2 aromatic rings. The van der Waals surface area contributed by atoms with E-state index in [1.807, 2.05) is 0 Å². The van der Waals surface area contributed by atoms with E-state index < -0.39 is 0 Å². The Morgan fingerprint density at radius 3 is 2.68 bits per heavy atom. The largest absolute Gasteiger partial charge is 0.380 e. The van der Waals surface area contributed by atoms with Gasteiger partial charge in [-0.2, -0.15) is 0 Å². The minimum absolute atomic E-state index is 0.793. The second-order valence-corrected chi connectivity index (χ2v) is 4.75. The van der Waals surface area contributed by atoms with Crippen LogP contribution in [0.1, 0.15) is 18.9 Å². The summed E-state index contributed by atoms with van der Waals surface area (Å²) in [6.45, 7) is 5.79. The predicted octanol–water partition coefficient (Wildman–Crippen LogP) is 3.40. The Kier molecular flexibility index (Phi) is 5.86. The molecule has 0 saturated carbocycles. The summed E-state index contributed by atoms with van der Waals surface area (Å²) in [5.41, 5.74) is 1.37. The summed E-state index contributed by atoms with van der Waals surface area (Å²) in [6, 6.07) is 15.0. The second kappa shape index (κ2) is 7.93. The van der Waals surface area contributed by atoms with E-state index in [1.165, 1.54) is 22.8 Å². The van der Waals surface area contributed by atoms with Crippen molar-refractivity contribution in [1.29, 1.82) is 0 Å². The molecule has 0 aromatic heterocycles. The molecule has 0 unspecified atom stereocenters. The quantitative estimate of drug-likeness (QED) is 0.732. The van der Waals surface area contributed by atoms with Crippen molar-refractivity contribution in [3.05, 3.63) is 48.0 Å². The van der Waals surface area contributed by atoms with Crippen molar-refractivity contribution in [2.45, 2.75) is 19.8 Å². The van der Waals surface area contributed by atoms with E-state index in [2.05, 4.69) is 54.7 Å². The zero-order valence-electron chi connectivity index (χ0n) is 11.7. The van der Waals surface area contributed by atoms with E-state index in [1.54, 1.807) is 0 Å². The van der Waals surface area contributed by atoms with Crippen LogP contribution in [0.5, 0.6) is 0 Å². The number of hydrogen-bond acceptors (Lipinski definition) is 2. The Morgan fingerprint density at radius 2 is 1.79 bits per heavy atom. The molecule has 0 aliphatic heterocycles. The van der Waals surface area contributed by atoms with Crippen LogP contribution >= 0.6 is 0 Å². The van der Waals surface area contributed by atoms with Gasteiger partial charge in [0.05, 0.1) is 13.2 Å². The van der Waals surface area contributed by atoms with Crippen LogP contribution in [-0.2, 0) is 11.2 Å². The highest BCUT2D eigenvalue weighted by Crippen LogP contribution is 2.18. The Hall–Kier alpha value is -1.38. The summed E-state index contributed by atoms with van der Waals surface area (Å²) < 4.78 is 5.67. The molecule has 0 fully saturated rings. The lowest BCUT2D eigenvalue weighted by atomic mass is 10.0. The van der Waals surface area contributed by atoms with Crippen molar-refractivity contribution in [2.75, 3.05) is 26.3 Å². The average Bonchev–Trinajstić information content (AvgIpc) is 2.46. The van der Waals surface area contributed by atoms with Crippen LogP contribution in [0.4, 0.5) is 0 Å². The van der Waals surface area contributed by atoms with Crippen LogP contribution in [0.2, 0.25) is 0 Å². The third kappa shape index (κ3) is 4.34. The van der Waals surface area contributed by atoms with Crippen molar-refractivity contribution >= 4 is 10.8 Å². The summed E-state index contributed by atoms with van der Waals surface area (Å²) in [4.78, 5) is 0. The maximum Gasteiger partial charge on any atom is 0.0591 e. The minimum Gasteiger partial charge on any atom is -0.380 e. The van der Waals surface area contributed by atoms with Crippen LogP contribution in [0.3, 0.4) is 0 Å². The van der Waals surface area contributed by atoms with Crippen molar-refractivity contribution in [1.82, 2.24) is 5.32 Å². The Labute approximate surface area is 115 Å². The maximum atomic E-state index is 5.67. The summed E-state index contributed by atoms with van der Waals surface area (Å²) in [5.74, 6) is 0. The second-order valence-electron chi connectivity index (χ2n) is 4.75. The SMILES string of the molecule is CCCNCCOCCc1cccc2ccccc12. The average molecular weight is 257 g/mol. The fourth-order valence-electron chi connectivity index (χ4n) is 2.24. The predicted molar refractivity (Wildman–Crippen MR) is 81.6 cm³/mol. The van der Waals surface area contributed by atoms with Gasteiger partial charge in [-0.05, 0) is 35.7 Å². The monoisotopic (exact) mass is 257 g/mol. The smallest absolute Gasteiger partial charge is 0.0591 e. The van der Waals surface area contributed by atoms with Crippen LogP contribution in [0.15, 0.2) is 42.5 Å². The highest BCUT2D eigenvalue weighted by molar-refractivity contribution is 5.85. The molecule has 0 spiro atoms. The van der Waals surface area contributed by atoms with Gasteiger partial charge in [-0.25, -0.2) is 0 Å². The molecule has 0 atom stereocenters. The highest BCUT2D eigenvalue weighted by Gasteiger charge is 1.99. The van der Waals surface area contributed by atoms with Crippen LogP contribution in [-0.4, -0.2) is 26.3 Å². The molecule has 19 heavy (non-hydrogen) atoms. The minimum atomic E-state index is 0.793. The van der Waals surface area contributed by atoms with E-state index >= 15 is 0 Å². The molecule has 0 radical (unpaired) electrons. The molecule has 0 heterocycles. The Balaban J connectivity index is 1.78. The fourth-order valence-corrected chi connectivity index (χ4v) is 2.24. The zero-order chi connectivity index (χ0) is 13.3. The summed E-state index contributed by atoms with van der Waals surface area (Å²) in [5, 5.41) is 5.99. The van der Waals surface area contributed by atoms with E-state index in [4.69, 9.17) is 4.74 Å². The lowest BCUT2D eigenvalue weighted by molar-refractivity contribution is 0.139. The molecule has 0 bridgehead atoms. The summed E-state index contributed by atoms with van der Waals surface area (Å²) in [6.07, 6.45) is 2.16. The van der Waals surface area contributed by atoms with Crippen LogP contribution in [0.25, 0.3) is 10.8 Å². The topological polar surface area (TPSA) is 21.3 Å². The number of nitrogens with one attached hydrogen (secondary N) is 1. The molecule has 2 heteroatoms. The molecule has 2 nitrogen and oxygen atoms in total. The molecule has 2 rings (SSSR count). The number of fused-ring (bicyclic) bond motifs is 1. The molecule has 0 saturated heterocycles. The number of benzene rings is 2. The first kappa shape index (κ1) is 14.0. The molecular weight excluding hydrogens is 234 g/mol. The van der Waals surface area contributed by atoms with Crippen LogP contribution in [0, 0.1) is 0 Å². The van der Waals surface area contributed by atoms with Gasteiger partial charge in [0.25, 0.3) is 0 Å². The summed E-state index contributed by atoms with van der Waals surface area (Å²) >= 11 is 0. The van der Waals surface area contributed by atoms with Crippen molar-refractivity contribution < 1.29 is 4.74 Å². The maximum absolute atomic E-state index is 5.67. The fraction of sp³-hybridized carbons (Fsp3) is 0.412. The Morgan fingerprint density at radius 1 is 0.947 bits per heavy atom. The lowest BCUT2D eigenvalue weighted by Crippen LogP contribution is -2.20. The Bertz CT molecular complexity index is 490. The van der Waals surface area contributed by atoms with Gasteiger partial charge in [-0.15, -0.1) is 0 Å². The van der Waals surface area contributed by atoms with Gasteiger partial charge in [-0.3, -0.25) is 0 Å². The van der Waals surface area contributed by atoms with Gasteiger partial charge in [0, 0.05) is 6.54 Å². The van der Waals surface area contributed by atoms with E-state index in [-0.39, 0.29) is 0 Å². The summed E-state index contributed by atoms with van der Waals surface area (Å²) in [7, 11) is 0. The first-order chi connectivity index (χ1) is 9.42. The van der Waals surface area contributed by atoms with Crippen molar-refractivity contribution in [3.63, 3.8) is 0 Å². The highest BCUT2D eigenvalue weighted by atomic mass is 16.5. The van der Waals surface area contributed by atoms with E-state index in [0.29, 0.717) is 0 Å². The van der Waals surface area contributed by atoms with E-state index in [0.717, 1.165) is 32.7 Å². The van der Waals surface area contributed by atoms with Crippen LogP contribution < -0.4 is 5.32 Å². The zero-order valence-corrected chi connectivity index (χ0v) is 11.7. The normalized spacial score (nSPS) is 11.0. The molecular formula is C17H23NO. The van der Waals surface area contributed by atoms with Crippen molar-refractivity contribution in [3.8, 4) is 0 Å². The first-order valence-corrected chi connectivity index (χ1v) is 7.17. The number of ether oxygens (including phenoxy) is 1. The molecule has 1 N–H and O–H groups in total. The first-order valence-electron chi connectivity index (χ1n) is 7.17. The molecule has 102 valence electrons. The van der Waals surface area contributed by atoms with Gasteiger partial charge in [0.15, 0.2) is 0 Å². The van der Waals surface area contributed by atoms with E-state index in [9.17, 15) is 0 Å². The molecule has 0 aliphatic rings. The molecule has 0 amide bonds. The lowest BCUT2D eigenvalue weighted by Gasteiger charge is -2.08. The van der Waals surface area contributed by atoms with Gasteiger partial charge in [0.1, 0.15) is 0 Å². The number of hydrogen-bond donors (Lipinski definition) is 1. The van der Waals surface area contributed by atoms with Gasteiger partial charge in [0.2, 0.25) is 0 Å². The van der Waals surface area contributed by atoms with Gasteiger partial charge < -0.3 is 10.1 Å². The third-order valence-electron chi connectivity index (χ3n) is 3.25. The van der Waals surface area contributed by atoms with Gasteiger partial charge in [-0.1, -0.05) is 49.4 Å². The number of rotatable bonds is 8. The molecule has 0 aliphatic carbocycles. The van der Waals surface area contributed by atoms with Crippen molar-refractivity contribution in [2.24, 2.45) is 0 Å². The standard InChI is InChI=1S/C17H23NO/c1-2-11-18-12-14-19-13-10-16-8-5-7-15-6-3-4-9-17(15)16/h3-9,18H,2,10-14H2,1H3.